The lowest BCUT2D eigenvalue weighted by molar-refractivity contribution is -0.136. The van der Waals surface area contributed by atoms with Crippen LogP contribution >= 0.6 is 0 Å². The predicted octanol–water partition coefficient (Wildman–Crippen LogP) is 2.11. The number of halogens is 1. The number of nitrogens with one attached hydrogen (secondary N) is 1. The van der Waals surface area contributed by atoms with Crippen LogP contribution < -0.4 is 5.32 Å². The maximum absolute atomic E-state index is 14.0. The van der Waals surface area contributed by atoms with Crippen molar-refractivity contribution in [3.05, 3.63) is 42.0 Å². The minimum Gasteiger partial charge on any atom is -0.394 e. The molecule has 0 fully saturated rings. The first-order chi connectivity index (χ1) is 16.3. The number of aliphatic hydroxyl groups excluding tert-OH is 1. The smallest absolute Gasteiger partial charge is 0.321 e. The number of amides is 3. The van der Waals surface area contributed by atoms with E-state index in [1.807, 2.05) is 6.92 Å². The van der Waals surface area contributed by atoms with E-state index in [-0.39, 0.29) is 43.3 Å². The molecule has 10 nitrogen and oxygen atoms in total. The van der Waals surface area contributed by atoms with E-state index in [4.69, 9.17) is 4.74 Å². The van der Waals surface area contributed by atoms with E-state index in [9.17, 15) is 19.1 Å². The Morgan fingerprint density at radius 3 is 2.91 bits per heavy atom. The molecule has 2 N–H and O–H groups in total. The van der Waals surface area contributed by atoms with Crippen molar-refractivity contribution < 1.29 is 23.8 Å². The zero-order valence-corrected chi connectivity index (χ0v) is 19.9. The first-order valence-electron chi connectivity index (χ1n) is 11.5. The number of aryl methyl sites for hydroxylation is 1. The number of rotatable bonds is 5. The molecule has 1 aliphatic heterocycles. The van der Waals surface area contributed by atoms with E-state index < -0.39 is 18.0 Å². The molecule has 3 rings (SSSR count). The van der Waals surface area contributed by atoms with Crippen molar-refractivity contribution in [1.82, 2.24) is 24.8 Å². The summed E-state index contributed by atoms with van der Waals surface area (Å²) < 4.78 is 21.9. The molecule has 1 aromatic carbocycles. The number of fused-ring (bicyclic) bond motifs is 1. The molecular formula is C23H33FN6O4. The van der Waals surface area contributed by atoms with Gasteiger partial charge in [-0.05, 0) is 25.5 Å². The van der Waals surface area contributed by atoms with Crippen LogP contribution in [0.1, 0.15) is 32.4 Å². The number of para-hydroxylation sites is 1. The SMILES string of the molecule is C[C@@H]1CN([C@H](C)CO)C(=O)CCCn2nncc2CO[C@@H]1CN(C)C(=O)Nc1ccccc1F. The van der Waals surface area contributed by atoms with E-state index in [1.165, 1.54) is 17.0 Å². The molecule has 3 amide bonds. The van der Waals surface area contributed by atoms with Crippen LogP contribution in [0.25, 0.3) is 0 Å². The lowest BCUT2D eigenvalue weighted by Gasteiger charge is -2.35. The highest BCUT2D eigenvalue weighted by molar-refractivity contribution is 5.89. The van der Waals surface area contributed by atoms with Gasteiger partial charge in [0.25, 0.3) is 0 Å². The van der Waals surface area contributed by atoms with Crippen molar-refractivity contribution in [3.8, 4) is 0 Å². The summed E-state index contributed by atoms with van der Waals surface area (Å²) in [4.78, 5) is 28.7. The lowest BCUT2D eigenvalue weighted by Crippen LogP contribution is -2.48. The number of likely N-dealkylation sites (N-methyl/N-ethyl adjacent to an activating group) is 1. The van der Waals surface area contributed by atoms with Crippen LogP contribution in [-0.4, -0.2) is 80.7 Å². The number of carbonyl (C=O) groups excluding carboxylic acids is 2. The molecule has 0 saturated carbocycles. The number of hydrogen-bond donors (Lipinski definition) is 2. The van der Waals surface area contributed by atoms with Crippen LogP contribution in [0.4, 0.5) is 14.9 Å². The fraction of sp³-hybridized carbons (Fsp3) is 0.565. The number of aromatic nitrogens is 3. The van der Waals surface area contributed by atoms with E-state index in [0.29, 0.717) is 25.9 Å². The van der Waals surface area contributed by atoms with Crippen molar-refractivity contribution in [2.24, 2.45) is 5.92 Å². The Kier molecular flexibility index (Phi) is 8.94. The topological polar surface area (TPSA) is 113 Å². The molecule has 34 heavy (non-hydrogen) atoms. The molecule has 1 aliphatic rings. The Morgan fingerprint density at radius 2 is 2.18 bits per heavy atom. The maximum atomic E-state index is 14.0. The standard InChI is InChI=1S/C23H33FN6O4/c1-16-12-29(17(2)14-31)22(32)9-6-10-30-18(11-25-27-30)15-34-21(16)13-28(3)23(33)26-20-8-5-4-7-19(20)24/h4-5,7-8,11,16-17,21,31H,6,9-10,12-15H2,1-3H3,(H,26,33)/t16-,17-,21-/m1/s1. The average molecular weight is 477 g/mol. The molecule has 0 spiro atoms. The second kappa shape index (κ2) is 11.9. The molecule has 0 unspecified atom stereocenters. The van der Waals surface area contributed by atoms with Gasteiger partial charge in [-0.1, -0.05) is 24.3 Å². The number of hydrogen-bond acceptors (Lipinski definition) is 6. The third kappa shape index (κ3) is 6.51. The van der Waals surface area contributed by atoms with Crippen LogP contribution in [0.3, 0.4) is 0 Å². The zero-order valence-electron chi connectivity index (χ0n) is 19.9. The minimum atomic E-state index is -0.521. The molecule has 2 aromatic rings. The number of benzene rings is 1. The summed E-state index contributed by atoms with van der Waals surface area (Å²) in [5, 5.41) is 20.3. The Morgan fingerprint density at radius 1 is 1.41 bits per heavy atom. The van der Waals surface area contributed by atoms with Gasteiger partial charge in [-0.2, -0.15) is 0 Å². The molecular weight excluding hydrogens is 443 g/mol. The number of aliphatic hydroxyl groups is 1. The highest BCUT2D eigenvalue weighted by Gasteiger charge is 2.29. The normalized spacial score (nSPS) is 20.6. The molecule has 186 valence electrons. The van der Waals surface area contributed by atoms with Gasteiger partial charge in [0, 0.05) is 39.0 Å². The van der Waals surface area contributed by atoms with Gasteiger partial charge in [-0.3, -0.25) is 4.79 Å². The summed E-state index contributed by atoms with van der Waals surface area (Å²) in [5.74, 6) is -0.738. The van der Waals surface area contributed by atoms with E-state index in [1.54, 1.807) is 41.9 Å². The highest BCUT2D eigenvalue weighted by Crippen LogP contribution is 2.19. The second-order valence-corrected chi connectivity index (χ2v) is 8.75. The van der Waals surface area contributed by atoms with Gasteiger partial charge in [0.2, 0.25) is 5.91 Å². The number of urea groups is 1. The van der Waals surface area contributed by atoms with Crippen LogP contribution in [0.15, 0.2) is 30.5 Å². The largest absolute Gasteiger partial charge is 0.394 e. The first kappa shape index (κ1) is 25.6. The van der Waals surface area contributed by atoms with Crippen LogP contribution in [0, 0.1) is 11.7 Å². The van der Waals surface area contributed by atoms with E-state index in [0.717, 1.165) is 5.69 Å². The molecule has 0 saturated heterocycles. The molecule has 0 aliphatic carbocycles. The maximum Gasteiger partial charge on any atom is 0.321 e. The fourth-order valence-electron chi connectivity index (χ4n) is 3.87. The Balaban J connectivity index is 1.77. The van der Waals surface area contributed by atoms with Crippen LogP contribution in [0.5, 0.6) is 0 Å². The van der Waals surface area contributed by atoms with Gasteiger partial charge in [0.1, 0.15) is 5.82 Å². The van der Waals surface area contributed by atoms with Crippen molar-refractivity contribution in [3.63, 3.8) is 0 Å². The fourth-order valence-corrected chi connectivity index (χ4v) is 3.87. The van der Waals surface area contributed by atoms with Gasteiger partial charge < -0.3 is 25.0 Å². The summed E-state index contributed by atoms with van der Waals surface area (Å²) >= 11 is 0. The average Bonchev–Trinajstić information content (AvgIpc) is 3.27. The van der Waals surface area contributed by atoms with Crippen molar-refractivity contribution in [2.45, 2.75) is 52.0 Å². The summed E-state index contributed by atoms with van der Waals surface area (Å²) in [6.45, 7) is 4.94. The number of nitrogens with zero attached hydrogens (tertiary/aromatic N) is 5. The van der Waals surface area contributed by atoms with E-state index >= 15 is 0 Å². The molecule has 0 radical (unpaired) electrons. The van der Waals surface area contributed by atoms with Gasteiger partial charge in [-0.15, -0.1) is 5.10 Å². The third-order valence-corrected chi connectivity index (χ3v) is 6.06. The van der Waals surface area contributed by atoms with E-state index in [2.05, 4.69) is 15.6 Å². The quantitative estimate of drug-likeness (QED) is 0.684. The Hall–Kier alpha value is -3.05. The molecule has 3 atom stereocenters. The number of ether oxygens (including phenoxy) is 1. The molecule has 0 bridgehead atoms. The van der Waals surface area contributed by atoms with Gasteiger partial charge in [0.15, 0.2) is 0 Å². The highest BCUT2D eigenvalue weighted by atomic mass is 19.1. The summed E-state index contributed by atoms with van der Waals surface area (Å²) in [7, 11) is 1.60. The summed E-state index contributed by atoms with van der Waals surface area (Å²) in [6, 6.07) is 5.14. The summed E-state index contributed by atoms with van der Waals surface area (Å²) in [5.41, 5.74) is 0.875. The Labute approximate surface area is 198 Å². The van der Waals surface area contributed by atoms with Crippen LogP contribution in [-0.2, 0) is 22.7 Å². The molecule has 1 aromatic heterocycles. The lowest BCUT2D eigenvalue weighted by atomic mass is 10.0. The minimum absolute atomic E-state index is 0.0555. The van der Waals surface area contributed by atoms with Crippen LogP contribution in [0.2, 0.25) is 0 Å². The summed E-state index contributed by atoms with van der Waals surface area (Å²) in [6.07, 6.45) is 2.11. The zero-order chi connectivity index (χ0) is 24.7. The Bertz CT molecular complexity index is 970. The third-order valence-electron chi connectivity index (χ3n) is 6.06. The monoisotopic (exact) mass is 476 g/mol. The number of carbonyl (C=O) groups is 2. The molecule has 2 heterocycles. The van der Waals surface area contributed by atoms with Crippen molar-refractivity contribution >= 4 is 17.6 Å². The second-order valence-electron chi connectivity index (χ2n) is 8.75. The van der Waals surface area contributed by atoms with Crippen molar-refractivity contribution in [2.75, 3.05) is 32.1 Å². The van der Waals surface area contributed by atoms with Crippen molar-refractivity contribution in [1.29, 1.82) is 0 Å². The molecule has 11 heteroatoms. The van der Waals surface area contributed by atoms with Gasteiger partial charge >= 0.3 is 6.03 Å². The van der Waals surface area contributed by atoms with Gasteiger partial charge in [-0.25, -0.2) is 13.9 Å². The van der Waals surface area contributed by atoms with Gasteiger partial charge in [0.05, 0.1) is 42.9 Å². The predicted molar refractivity (Wildman–Crippen MR) is 123 cm³/mol. The number of anilines is 1. The first-order valence-corrected chi connectivity index (χ1v) is 11.5.